The molecule has 4 aliphatic carbocycles. The van der Waals surface area contributed by atoms with Crippen LogP contribution in [0.25, 0.3) is 0 Å². The number of benzene rings is 2. The number of carbonyl (C=O) groups excluding carboxylic acids is 4. The average molecular weight is 1010 g/mol. The molecule has 2 aromatic heterocycles. The Bertz CT molecular complexity index is 2050. The summed E-state index contributed by atoms with van der Waals surface area (Å²) in [4.78, 5) is 65.6. The molecule has 16 nitrogen and oxygen atoms in total. The summed E-state index contributed by atoms with van der Waals surface area (Å²) in [6.45, 7) is 0.321. The Balaban J connectivity index is 0.000000123. The number of carbonyl (C=O) groups is 5. The molecule has 2 saturated heterocycles. The van der Waals surface area contributed by atoms with Crippen molar-refractivity contribution in [2.45, 2.75) is 50.5 Å². The lowest BCUT2D eigenvalue weighted by Crippen LogP contribution is -2.41. The zero-order valence-electron chi connectivity index (χ0n) is 29.9. The second-order valence-corrected chi connectivity index (χ2v) is 17.1. The number of rotatable bonds is 5. The summed E-state index contributed by atoms with van der Waals surface area (Å²) in [5.41, 5.74) is 1.87. The molecule has 0 spiro atoms. The second kappa shape index (κ2) is 17.3. The monoisotopic (exact) mass is 1010 g/mol. The van der Waals surface area contributed by atoms with E-state index in [9.17, 15) is 34.2 Å². The number of halogens is 2. The van der Waals surface area contributed by atoms with Crippen molar-refractivity contribution in [2.24, 2.45) is 47.3 Å². The highest BCUT2D eigenvalue weighted by Crippen LogP contribution is 2.59. The van der Waals surface area contributed by atoms with Crippen LogP contribution in [0, 0.1) is 54.5 Å². The maximum Gasteiger partial charge on any atom is 0.338 e. The fraction of sp³-hybridized carbons (Fsp3) is 0.410. The third-order valence-corrected chi connectivity index (χ3v) is 13.0. The normalized spacial score (nSPS) is 31.5. The lowest BCUT2D eigenvalue weighted by molar-refractivity contribution is -0.157. The third kappa shape index (κ3) is 8.23. The Morgan fingerprint density at radius 3 is 1.61 bits per heavy atom. The number of carboxylic acid groups (broad SMARTS) is 1. The van der Waals surface area contributed by atoms with Gasteiger partial charge in [-0.3, -0.25) is 28.3 Å². The van der Waals surface area contributed by atoms with Crippen molar-refractivity contribution in [3.8, 4) is 0 Å². The van der Waals surface area contributed by atoms with Crippen molar-refractivity contribution in [3.05, 3.63) is 104 Å². The van der Waals surface area contributed by atoms with E-state index in [1.807, 2.05) is 48.5 Å². The first-order valence-electron chi connectivity index (χ1n) is 18.1. The maximum absolute atomic E-state index is 12.4. The van der Waals surface area contributed by atoms with E-state index >= 15 is 0 Å². The Morgan fingerprint density at radius 2 is 1.18 bits per heavy atom. The van der Waals surface area contributed by atoms with Crippen molar-refractivity contribution in [1.82, 2.24) is 19.1 Å². The molecule has 0 amide bonds. The van der Waals surface area contributed by atoms with E-state index in [0.29, 0.717) is 12.8 Å². The topological polar surface area (TPSA) is 230 Å². The summed E-state index contributed by atoms with van der Waals surface area (Å²) in [5.74, 6) is -5.01. The number of nitrogens with zero attached hydrogens (tertiary/aromatic N) is 4. The van der Waals surface area contributed by atoms with Gasteiger partial charge in [-0.1, -0.05) is 24.3 Å². The number of hydrogen-bond donors (Lipinski definition) is 4. The highest BCUT2D eigenvalue weighted by atomic mass is 127. The molecular weight excluding hydrogens is 970 g/mol. The average Bonchev–Trinajstić information content (AvgIpc) is 4.07. The van der Waals surface area contributed by atoms with E-state index in [4.69, 9.17) is 24.4 Å². The maximum atomic E-state index is 12.4. The van der Waals surface area contributed by atoms with Crippen molar-refractivity contribution < 1.29 is 58.6 Å². The van der Waals surface area contributed by atoms with Crippen LogP contribution in [0.4, 0.5) is 4.79 Å². The van der Waals surface area contributed by atoms with E-state index in [2.05, 4.69) is 55.1 Å². The quantitative estimate of drug-likeness (QED) is 0.128. The molecule has 12 atom stereocenters. The van der Waals surface area contributed by atoms with Crippen LogP contribution >= 0.6 is 45.2 Å². The fourth-order valence-corrected chi connectivity index (χ4v) is 9.71. The standard InChI is InChI=1S/C16H15IO5.C9H10O5.C7H7IO.C7H6N4O/c17-8-3-1-7(2-4-8)6-21-15(19)11-9-5-10-12(11)16(20)22-14(10)13(9)18;10-6-2-1-3-5(4(2)8(11)12)9(13)14-7(3)6;8-7-3-1-6(5-9)2-4-7;12-7(10-3-1-8-5-10)11-4-2-9-6-11/h1-4,9-14,18H,5-6H2;2-7,10H,1H2,(H,11,12);1-4,9H,5H2;1-6H. The molecular formula is C39H38I2N4O12. The van der Waals surface area contributed by atoms with Crippen molar-refractivity contribution in [3.63, 3.8) is 0 Å². The van der Waals surface area contributed by atoms with Crippen LogP contribution in [-0.2, 0) is 46.6 Å². The smallest absolute Gasteiger partial charge is 0.338 e. The molecule has 2 aromatic carbocycles. The van der Waals surface area contributed by atoms with Crippen molar-refractivity contribution >= 4 is 75.1 Å². The van der Waals surface area contributed by atoms with Gasteiger partial charge in [0.15, 0.2) is 0 Å². The summed E-state index contributed by atoms with van der Waals surface area (Å²) in [6, 6.07) is 15.3. The Morgan fingerprint density at radius 1 is 0.719 bits per heavy atom. The molecule has 4 heterocycles. The molecule has 6 aliphatic rings. The van der Waals surface area contributed by atoms with Gasteiger partial charge >= 0.3 is 29.9 Å². The van der Waals surface area contributed by atoms with Crippen molar-refractivity contribution in [1.29, 1.82) is 0 Å². The third-order valence-electron chi connectivity index (χ3n) is 11.5. The van der Waals surface area contributed by atoms with Crippen LogP contribution in [0.1, 0.15) is 24.0 Å². The van der Waals surface area contributed by atoms with Crippen LogP contribution in [0.5, 0.6) is 0 Å². The van der Waals surface area contributed by atoms with E-state index in [0.717, 1.165) is 14.7 Å². The van der Waals surface area contributed by atoms with Gasteiger partial charge in [-0.05, 0) is 93.4 Å². The number of imidazole rings is 2. The van der Waals surface area contributed by atoms with Gasteiger partial charge < -0.3 is 34.6 Å². The Labute approximate surface area is 352 Å². The number of aromatic nitrogens is 4. The molecule has 300 valence electrons. The predicted octanol–water partition coefficient (Wildman–Crippen LogP) is 3.12. The molecule has 4 N–H and O–H groups in total. The molecule has 10 rings (SSSR count). The van der Waals surface area contributed by atoms with Gasteiger partial charge in [-0.15, -0.1) is 0 Å². The highest BCUT2D eigenvalue weighted by Gasteiger charge is 2.69. The zero-order valence-corrected chi connectivity index (χ0v) is 34.3. The first-order valence-corrected chi connectivity index (χ1v) is 20.3. The van der Waals surface area contributed by atoms with Crippen LogP contribution in [-0.4, -0.2) is 93.9 Å². The van der Waals surface area contributed by atoms with E-state index in [1.165, 1.54) is 25.4 Å². The summed E-state index contributed by atoms with van der Waals surface area (Å²) in [6.07, 6.45) is 8.09. The number of esters is 3. The number of carboxylic acids is 1. The second-order valence-electron chi connectivity index (χ2n) is 14.6. The van der Waals surface area contributed by atoms with Gasteiger partial charge in [0.1, 0.15) is 31.5 Å². The van der Waals surface area contributed by atoms with Gasteiger partial charge in [0.05, 0.1) is 42.5 Å². The van der Waals surface area contributed by atoms with Gasteiger partial charge in [-0.25, -0.2) is 14.8 Å². The first-order chi connectivity index (χ1) is 27.4. The highest BCUT2D eigenvalue weighted by molar-refractivity contribution is 14.1. The van der Waals surface area contributed by atoms with Crippen LogP contribution in [0.3, 0.4) is 0 Å². The SMILES string of the molecule is O=C(O)C1C2CC3C(OC(=O)C31)C2O.O=C(OCc1ccc(I)cc1)C1C2CC3C(OC(=O)C31)C2O.O=C(n1ccnc1)n1ccnc1.OCc1ccc(I)cc1. The zero-order chi connectivity index (χ0) is 40.5. The molecule has 18 heteroatoms. The predicted molar refractivity (Wildman–Crippen MR) is 211 cm³/mol. The minimum Gasteiger partial charge on any atom is -0.481 e. The van der Waals surface area contributed by atoms with Gasteiger partial charge in [0.25, 0.3) is 0 Å². The van der Waals surface area contributed by atoms with Gasteiger partial charge in [0, 0.05) is 55.6 Å². The number of aliphatic hydroxyl groups excluding tert-OH is 3. The summed E-state index contributed by atoms with van der Waals surface area (Å²) >= 11 is 4.44. The van der Waals surface area contributed by atoms with Gasteiger partial charge in [0.2, 0.25) is 0 Å². The number of hydrogen-bond acceptors (Lipinski definition) is 13. The van der Waals surface area contributed by atoms with Crippen LogP contribution in [0.15, 0.2) is 86.0 Å². The lowest BCUT2D eigenvalue weighted by Gasteiger charge is -2.26. The van der Waals surface area contributed by atoms with Gasteiger partial charge in [-0.2, -0.15) is 0 Å². The fourth-order valence-electron chi connectivity index (χ4n) is 8.99. The Kier molecular flexibility index (Phi) is 12.4. The van der Waals surface area contributed by atoms with Crippen LogP contribution < -0.4 is 0 Å². The summed E-state index contributed by atoms with van der Waals surface area (Å²) in [5, 5.41) is 37.5. The molecule has 12 unspecified atom stereocenters. The summed E-state index contributed by atoms with van der Waals surface area (Å²) in [7, 11) is 0. The van der Waals surface area contributed by atoms with Crippen molar-refractivity contribution in [2.75, 3.05) is 0 Å². The molecule has 6 fully saturated rings. The Hall–Kier alpha value is -4.25. The minimum absolute atomic E-state index is 0.0247. The molecule has 57 heavy (non-hydrogen) atoms. The van der Waals surface area contributed by atoms with E-state index in [1.54, 1.807) is 24.8 Å². The molecule has 0 radical (unpaired) electrons. The minimum atomic E-state index is -0.987. The first kappa shape index (κ1) is 40.9. The largest absolute Gasteiger partial charge is 0.481 e. The number of aliphatic hydroxyl groups is 3. The molecule has 2 aliphatic heterocycles. The molecule has 4 bridgehead atoms. The molecule has 4 saturated carbocycles. The van der Waals surface area contributed by atoms with E-state index in [-0.39, 0.29) is 48.9 Å². The number of fused-ring (bicyclic) bond motifs is 2. The number of aliphatic carboxylic acids is 1. The number of ether oxygens (including phenoxy) is 3. The van der Waals surface area contributed by atoms with E-state index < -0.39 is 66.0 Å². The summed E-state index contributed by atoms with van der Waals surface area (Å²) < 4.78 is 20.6. The molecule has 4 aromatic rings. The lowest BCUT2D eigenvalue weighted by atomic mass is 9.78. The van der Waals surface area contributed by atoms with Crippen LogP contribution in [0.2, 0.25) is 0 Å².